The van der Waals surface area contributed by atoms with Crippen LogP contribution in [0.4, 0.5) is 0 Å². The van der Waals surface area contributed by atoms with Crippen molar-refractivity contribution in [1.29, 1.82) is 0 Å². The number of primary amides is 2. The molecule has 8 atom stereocenters. The van der Waals surface area contributed by atoms with Gasteiger partial charge in [-0.15, -0.1) is 23.5 Å². The van der Waals surface area contributed by atoms with Gasteiger partial charge in [-0.25, -0.2) is 4.98 Å². The molecule has 9 rings (SSSR count). The number of amides is 13. The Morgan fingerprint density at radius 3 is 1.40 bits per heavy atom. The number of unbranched alkanes of at least 4 members (excludes halogenated alkanes) is 1. The smallest absolute Gasteiger partial charge is 0.244 e. The van der Waals surface area contributed by atoms with E-state index in [9.17, 15) is 62.3 Å². The van der Waals surface area contributed by atoms with E-state index in [0.717, 1.165) is 33.4 Å². The predicted molar refractivity (Wildman–Crippen MR) is 487 cm³/mol. The Bertz CT molecular complexity index is 4870. The highest BCUT2D eigenvalue weighted by Gasteiger charge is 2.41. The molecule has 0 aliphatic carbocycles. The molecule has 0 aliphatic rings. The van der Waals surface area contributed by atoms with Gasteiger partial charge in [0.05, 0.1) is 39.6 Å². The maximum Gasteiger partial charge on any atom is 0.244 e. The number of rotatable bonds is 50. The first-order chi connectivity index (χ1) is 60.2. The van der Waals surface area contributed by atoms with E-state index in [1.807, 2.05) is 208 Å². The molecule has 125 heavy (non-hydrogen) atoms. The number of para-hydroxylation sites is 1. The number of fused-ring (bicyclic) bond motifs is 1. The molecule has 2 aromatic heterocycles. The van der Waals surface area contributed by atoms with Crippen molar-refractivity contribution in [3.05, 3.63) is 270 Å². The molecule has 29 nitrogen and oxygen atoms in total. The molecule has 7 aromatic carbocycles. The van der Waals surface area contributed by atoms with E-state index in [4.69, 9.17) is 11.5 Å². The van der Waals surface area contributed by atoms with Crippen LogP contribution in [0.2, 0.25) is 0 Å². The van der Waals surface area contributed by atoms with Crippen LogP contribution in [-0.4, -0.2) is 183 Å². The first-order valence-electron chi connectivity index (χ1n) is 41.6. The van der Waals surface area contributed by atoms with Crippen LogP contribution in [0.5, 0.6) is 0 Å². The molecule has 0 spiro atoms. The van der Waals surface area contributed by atoms with Crippen molar-refractivity contribution >= 4 is 123 Å². The third-order valence-corrected chi connectivity index (χ3v) is 24.7. The van der Waals surface area contributed by atoms with Crippen molar-refractivity contribution in [2.45, 2.75) is 150 Å². The number of nitrogens with one attached hydrogen (secondary N) is 13. The molecule has 0 aliphatic heterocycles. The second-order valence-electron chi connectivity index (χ2n) is 31.1. The highest BCUT2D eigenvalue weighted by molar-refractivity contribution is 8.01. The summed E-state index contributed by atoms with van der Waals surface area (Å²) in [5.41, 5.74) is 18.5. The number of nitrogens with two attached hydrogens (primary N) is 2. The SMILES string of the molecule is CSCC[C@H](NC(=O)[C@H](CC(C)C)NC(=O)[C@H](Cc1c[nH]cn1)NC(=O)CNC(=O)[C@@H](NC(=O)[C@H](C)NC(=O)[C@H](Cc1c[nH]c2ccccc12)NC(=O)[C@H](CCC(N)=O)NC(=O)CCCCNC(=O)C(CNC(=O)CSC(c1ccccc1)(c1ccccc1)c1ccccc1)NC(=O)CSC(c1ccccc1)(c1ccccc1)c1ccccc1)C(C)C)C(N)=O. The molecule has 0 fully saturated rings. The van der Waals surface area contributed by atoms with Crippen LogP contribution >= 0.6 is 35.3 Å². The Balaban J connectivity index is 0.840. The number of H-pyrrole nitrogens is 2. The number of thioether (sulfide) groups is 3. The Hall–Kier alpha value is -12.6. The summed E-state index contributed by atoms with van der Waals surface area (Å²) in [5.74, 6) is -9.65. The van der Waals surface area contributed by atoms with Gasteiger partial charge in [0, 0.05) is 62.1 Å². The van der Waals surface area contributed by atoms with Gasteiger partial charge in [0.2, 0.25) is 76.8 Å². The maximum atomic E-state index is 14.6. The van der Waals surface area contributed by atoms with E-state index >= 15 is 0 Å². The zero-order valence-electron chi connectivity index (χ0n) is 70.9. The average molecular weight is 1760 g/mol. The molecule has 9 aromatic rings. The van der Waals surface area contributed by atoms with Crippen molar-refractivity contribution in [3.8, 4) is 0 Å². The molecule has 0 saturated heterocycles. The molecule has 17 N–H and O–H groups in total. The number of aromatic nitrogens is 3. The number of aromatic amines is 2. The number of carbonyl (C=O) groups excluding carboxylic acids is 13. The van der Waals surface area contributed by atoms with Gasteiger partial charge in [-0.1, -0.05) is 228 Å². The standard InChI is InChI=1S/C93H112N16O13S3/c1-59(2)49-74(89(120)106-72(84(95)115)46-48-123-6)107-90(121)76(51-69-53-96-58-101-69)104-80(112)55-100-91(122)83(60(3)4)109-85(116)61(5)102-88(119)75(50-62-52-98-71-42-26-25-41-70(62)71)108-87(118)73(44-45-78(94)110)103-79(111)43-27-28-47-97-86(117)77(105-82(114)57-125-93(66-35-19-10-20-36-66,67-37-21-11-22-38-67)68-39-23-12-24-40-68)54-99-81(113)56-124-92(63-29-13-7-14-30-63,64-31-15-8-16-32-64)65-33-17-9-18-34-65/h7-26,29-42,52-53,58-61,72-77,83,98H,27-28,43-51,54-57H2,1-6H3,(H2,94,110)(H2,95,115)(H,96,101)(H,97,117)(H,99,113)(H,100,122)(H,102,119)(H,103,111)(H,104,112)(H,105,114)(H,106,120)(H,107,121)(H,108,118)(H,109,116)/t61-,72-,73-,74-,75-,76-,77?,83-/m0/s1. The molecule has 0 saturated carbocycles. The van der Waals surface area contributed by atoms with Crippen molar-refractivity contribution in [3.63, 3.8) is 0 Å². The van der Waals surface area contributed by atoms with Gasteiger partial charge < -0.3 is 79.9 Å². The number of carbonyl (C=O) groups is 13. The molecule has 0 radical (unpaired) electrons. The fraction of sp³-hybridized carbons (Fsp3) is 0.355. The Morgan fingerprint density at radius 2 is 0.896 bits per heavy atom. The lowest BCUT2D eigenvalue weighted by Crippen LogP contribution is -2.59. The second kappa shape index (κ2) is 48.5. The molecule has 13 amide bonds. The van der Waals surface area contributed by atoms with Gasteiger partial charge in [0.15, 0.2) is 0 Å². The van der Waals surface area contributed by atoms with E-state index < -0.39 is 147 Å². The van der Waals surface area contributed by atoms with Crippen LogP contribution in [0, 0.1) is 11.8 Å². The Kier molecular flexibility index (Phi) is 37.3. The highest BCUT2D eigenvalue weighted by Crippen LogP contribution is 2.50. The molecule has 660 valence electrons. The zero-order chi connectivity index (χ0) is 89.8. The van der Waals surface area contributed by atoms with Crippen molar-refractivity contribution in [2.24, 2.45) is 23.3 Å². The normalized spacial score (nSPS) is 13.3. The lowest BCUT2D eigenvalue weighted by Gasteiger charge is -2.35. The van der Waals surface area contributed by atoms with E-state index in [-0.39, 0.29) is 88.3 Å². The van der Waals surface area contributed by atoms with Crippen LogP contribution in [0.15, 0.2) is 225 Å². The highest BCUT2D eigenvalue weighted by atomic mass is 32.2. The van der Waals surface area contributed by atoms with Gasteiger partial charge in [-0.2, -0.15) is 11.8 Å². The van der Waals surface area contributed by atoms with Gasteiger partial charge in [-0.3, -0.25) is 62.3 Å². The van der Waals surface area contributed by atoms with E-state index in [1.54, 1.807) is 38.2 Å². The van der Waals surface area contributed by atoms with Gasteiger partial charge in [0.1, 0.15) is 48.3 Å². The van der Waals surface area contributed by atoms with Gasteiger partial charge in [-0.05, 0) is 108 Å². The van der Waals surface area contributed by atoms with Crippen LogP contribution in [0.1, 0.15) is 124 Å². The Morgan fingerprint density at radius 1 is 0.424 bits per heavy atom. The quantitative estimate of drug-likeness (QED) is 0.0138. The number of imidazole rings is 1. The zero-order valence-corrected chi connectivity index (χ0v) is 73.3. The molecule has 0 bridgehead atoms. The predicted octanol–water partition coefficient (Wildman–Crippen LogP) is 6.75. The van der Waals surface area contributed by atoms with Crippen LogP contribution in [0.25, 0.3) is 10.9 Å². The summed E-state index contributed by atoms with van der Waals surface area (Å²) in [7, 11) is 0. The number of nitrogens with zero attached hydrogens (tertiary/aromatic N) is 1. The summed E-state index contributed by atoms with van der Waals surface area (Å²) >= 11 is 4.26. The minimum Gasteiger partial charge on any atom is -0.370 e. The van der Waals surface area contributed by atoms with Crippen molar-refractivity contribution in [2.75, 3.05) is 43.1 Å². The number of hydrogen-bond acceptors (Lipinski definition) is 17. The fourth-order valence-corrected chi connectivity index (χ4v) is 17.6. The monoisotopic (exact) mass is 1760 g/mol. The van der Waals surface area contributed by atoms with Crippen molar-refractivity contribution in [1.82, 2.24) is 73.4 Å². The number of benzene rings is 7. The molecule has 32 heteroatoms. The van der Waals surface area contributed by atoms with E-state index in [0.29, 0.717) is 27.9 Å². The van der Waals surface area contributed by atoms with Gasteiger partial charge >= 0.3 is 0 Å². The van der Waals surface area contributed by atoms with Gasteiger partial charge in [0.25, 0.3) is 0 Å². The van der Waals surface area contributed by atoms with E-state index in [2.05, 4.69) is 73.4 Å². The van der Waals surface area contributed by atoms with Crippen LogP contribution in [-0.2, 0) is 84.7 Å². The minimum absolute atomic E-state index is 0.00567. The second-order valence-corrected chi connectivity index (χ2v) is 34.4. The summed E-state index contributed by atoms with van der Waals surface area (Å²) in [6.45, 7) is 7.32. The molecule has 1 unspecified atom stereocenters. The first kappa shape index (κ1) is 96.3. The first-order valence-corrected chi connectivity index (χ1v) is 45.0. The minimum atomic E-state index is -1.44. The third kappa shape index (κ3) is 28.2. The average Bonchev–Trinajstić information content (AvgIpc) is 1.40. The lowest BCUT2D eigenvalue weighted by atomic mass is 9.84. The summed E-state index contributed by atoms with van der Waals surface area (Å²) in [4.78, 5) is 191. The lowest BCUT2D eigenvalue weighted by molar-refractivity contribution is -0.135. The van der Waals surface area contributed by atoms with Crippen molar-refractivity contribution < 1.29 is 62.3 Å². The van der Waals surface area contributed by atoms with E-state index in [1.165, 1.54) is 54.7 Å². The fourth-order valence-electron chi connectivity index (χ4n) is 14.5. The maximum absolute atomic E-state index is 14.6. The van der Waals surface area contributed by atoms with Crippen LogP contribution < -0.4 is 70.0 Å². The molecular weight excluding hydrogens is 1650 g/mol. The van der Waals surface area contributed by atoms with Crippen LogP contribution in [0.3, 0.4) is 0 Å². The summed E-state index contributed by atoms with van der Waals surface area (Å²) < 4.78 is -1.73. The topological polar surface area (TPSA) is 451 Å². The summed E-state index contributed by atoms with van der Waals surface area (Å²) in [6, 6.07) is 56.1. The number of hydrogen-bond donors (Lipinski definition) is 15. The largest absolute Gasteiger partial charge is 0.370 e. The Labute approximate surface area is 740 Å². The summed E-state index contributed by atoms with van der Waals surface area (Å²) in [6.07, 6.45) is 6.04. The molecular formula is C93H112N16O13S3. The molecule has 2 heterocycles. The third-order valence-electron chi connectivity index (χ3n) is 20.9. The summed E-state index contributed by atoms with van der Waals surface area (Å²) in [5, 5.41) is 30.7.